The van der Waals surface area contributed by atoms with Crippen LogP contribution in [0.3, 0.4) is 0 Å². The standard InChI is InChI=1S/C20H21FN4O2/c1-12-9-17(16-4-3-15(21)11-18(16)22-12)20(26)25-7-5-14(6-8-25)10-19-23-13(2)27-24-19/h3-4,9,11,14H,5-8,10H2,1-2H3. The molecule has 0 saturated carbocycles. The lowest BCUT2D eigenvalue weighted by Crippen LogP contribution is -2.39. The van der Waals surface area contributed by atoms with Gasteiger partial charge in [-0.1, -0.05) is 5.16 Å². The summed E-state index contributed by atoms with van der Waals surface area (Å²) >= 11 is 0. The van der Waals surface area contributed by atoms with Gasteiger partial charge in [-0.15, -0.1) is 0 Å². The predicted octanol–water partition coefficient (Wildman–Crippen LogP) is 3.47. The molecule has 0 atom stereocenters. The Kier molecular flexibility index (Phi) is 4.59. The van der Waals surface area contributed by atoms with E-state index in [9.17, 15) is 9.18 Å². The zero-order valence-corrected chi connectivity index (χ0v) is 15.4. The molecule has 1 fully saturated rings. The second-order valence-corrected chi connectivity index (χ2v) is 7.14. The molecule has 4 rings (SSSR count). The molecule has 1 aliphatic rings. The molecule has 0 spiro atoms. The number of halogens is 1. The van der Waals surface area contributed by atoms with Gasteiger partial charge in [-0.3, -0.25) is 9.78 Å². The number of pyridine rings is 1. The van der Waals surface area contributed by atoms with E-state index in [2.05, 4.69) is 15.1 Å². The van der Waals surface area contributed by atoms with Crippen LogP contribution in [0.5, 0.6) is 0 Å². The number of fused-ring (bicyclic) bond motifs is 1. The highest BCUT2D eigenvalue weighted by Crippen LogP contribution is 2.25. The molecule has 1 saturated heterocycles. The lowest BCUT2D eigenvalue weighted by atomic mass is 9.92. The van der Waals surface area contributed by atoms with Crippen LogP contribution in [0.15, 0.2) is 28.8 Å². The summed E-state index contributed by atoms with van der Waals surface area (Å²) in [4.78, 5) is 23.6. The second-order valence-electron chi connectivity index (χ2n) is 7.14. The van der Waals surface area contributed by atoms with Gasteiger partial charge in [0.2, 0.25) is 5.89 Å². The number of hydrogen-bond donors (Lipinski definition) is 0. The van der Waals surface area contributed by atoms with Gasteiger partial charge in [0, 0.05) is 43.6 Å². The molecule has 1 amide bonds. The smallest absolute Gasteiger partial charge is 0.254 e. The van der Waals surface area contributed by atoms with Crippen molar-refractivity contribution in [3.8, 4) is 0 Å². The Morgan fingerprint density at radius 1 is 1.22 bits per heavy atom. The molecule has 3 aromatic rings. The van der Waals surface area contributed by atoms with Gasteiger partial charge in [0.1, 0.15) is 5.82 Å². The summed E-state index contributed by atoms with van der Waals surface area (Å²) in [6.45, 7) is 4.97. The number of benzene rings is 1. The molecule has 7 heteroatoms. The van der Waals surface area contributed by atoms with E-state index in [0.717, 1.165) is 25.1 Å². The lowest BCUT2D eigenvalue weighted by molar-refractivity contribution is 0.0691. The summed E-state index contributed by atoms with van der Waals surface area (Å²) in [6, 6.07) is 6.17. The number of hydrogen-bond acceptors (Lipinski definition) is 5. The number of amides is 1. The number of carbonyl (C=O) groups excluding carboxylic acids is 1. The highest BCUT2D eigenvalue weighted by molar-refractivity contribution is 6.06. The number of carbonyl (C=O) groups is 1. The first kappa shape index (κ1) is 17.6. The van der Waals surface area contributed by atoms with Gasteiger partial charge >= 0.3 is 0 Å². The van der Waals surface area contributed by atoms with Crippen molar-refractivity contribution < 1.29 is 13.7 Å². The lowest BCUT2D eigenvalue weighted by Gasteiger charge is -2.32. The Morgan fingerprint density at radius 3 is 2.70 bits per heavy atom. The summed E-state index contributed by atoms with van der Waals surface area (Å²) < 4.78 is 18.6. The molecular formula is C20H21FN4O2. The fourth-order valence-corrected chi connectivity index (χ4v) is 3.70. The maximum absolute atomic E-state index is 13.5. The van der Waals surface area contributed by atoms with Crippen LogP contribution in [0.1, 0.15) is 40.6 Å². The largest absolute Gasteiger partial charge is 0.340 e. The third-order valence-corrected chi connectivity index (χ3v) is 5.07. The molecule has 27 heavy (non-hydrogen) atoms. The van der Waals surface area contributed by atoms with Crippen LogP contribution >= 0.6 is 0 Å². The number of aromatic nitrogens is 3. The fourth-order valence-electron chi connectivity index (χ4n) is 3.70. The minimum atomic E-state index is -0.350. The molecule has 0 aliphatic carbocycles. The Balaban J connectivity index is 1.49. The monoisotopic (exact) mass is 368 g/mol. The SMILES string of the molecule is Cc1cc(C(=O)N2CCC(Cc3noc(C)n3)CC2)c2ccc(F)cc2n1. The highest BCUT2D eigenvalue weighted by Gasteiger charge is 2.26. The van der Waals surface area contributed by atoms with Crippen LogP contribution in [0.4, 0.5) is 4.39 Å². The van der Waals surface area contributed by atoms with Crippen LogP contribution in [0, 0.1) is 25.6 Å². The first-order valence-electron chi connectivity index (χ1n) is 9.15. The minimum absolute atomic E-state index is 0.0223. The van der Waals surface area contributed by atoms with E-state index in [-0.39, 0.29) is 11.7 Å². The molecule has 6 nitrogen and oxygen atoms in total. The quantitative estimate of drug-likeness (QED) is 0.708. The van der Waals surface area contributed by atoms with Crippen molar-refractivity contribution in [2.75, 3.05) is 13.1 Å². The van der Waals surface area contributed by atoms with Gasteiger partial charge in [0.25, 0.3) is 5.91 Å². The first-order chi connectivity index (χ1) is 13.0. The molecular weight excluding hydrogens is 347 g/mol. The van der Waals surface area contributed by atoms with E-state index in [1.54, 1.807) is 19.1 Å². The van der Waals surface area contributed by atoms with E-state index in [4.69, 9.17) is 4.52 Å². The third kappa shape index (κ3) is 3.67. The van der Waals surface area contributed by atoms with Gasteiger partial charge in [-0.25, -0.2) is 4.39 Å². The molecule has 0 N–H and O–H groups in total. The Hall–Kier alpha value is -2.83. The molecule has 3 heterocycles. The molecule has 2 aromatic heterocycles. The Bertz CT molecular complexity index is 988. The van der Waals surface area contributed by atoms with Crippen LogP contribution in [0.25, 0.3) is 10.9 Å². The normalized spacial score (nSPS) is 15.4. The Labute approximate surface area is 156 Å². The van der Waals surface area contributed by atoms with Crippen molar-refractivity contribution in [1.29, 1.82) is 0 Å². The van der Waals surface area contributed by atoms with Gasteiger partial charge < -0.3 is 9.42 Å². The fraction of sp³-hybridized carbons (Fsp3) is 0.400. The average Bonchev–Trinajstić information content (AvgIpc) is 3.05. The maximum Gasteiger partial charge on any atom is 0.254 e. The average molecular weight is 368 g/mol. The van der Waals surface area contributed by atoms with Crippen molar-refractivity contribution in [3.63, 3.8) is 0 Å². The topological polar surface area (TPSA) is 72.1 Å². The second kappa shape index (κ2) is 7.06. The van der Waals surface area contributed by atoms with Gasteiger partial charge in [0.15, 0.2) is 5.82 Å². The van der Waals surface area contributed by atoms with Crippen molar-refractivity contribution in [2.45, 2.75) is 33.1 Å². The van der Waals surface area contributed by atoms with E-state index in [1.807, 2.05) is 11.8 Å². The van der Waals surface area contributed by atoms with Crippen LogP contribution in [-0.2, 0) is 6.42 Å². The van der Waals surface area contributed by atoms with E-state index in [1.165, 1.54) is 12.1 Å². The van der Waals surface area contributed by atoms with Crippen LogP contribution in [0.2, 0.25) is 0 Å². The van der Waals surface area contributed by atoms with Crippen LogP contribution < -0.4 is 0 Å². The van der Waals surface area contributed by atoms with Crippen molar-refractivity contribution in [2.24, 2.45) is 5.92 Å². The summed E-state index contributed by atoms with van der Waals surface area (Å²) in [7, 11) is 0. The summed E-state index contributed by atoms with van der Waals surface area (Å²) in [6.07, 6.45) is 2.57. The number of rotatable bonds is 3. The number of aryl methyl sites for hydroxylation is 2. The molecule has 1 aromatic carbocycles. The van der Waals surface area contributed by atoms with E-state index < -0.39 is 0 Å². The van der Waals surface area contributed by atoms with Crippen molar-refractivity contribution in [3.05, 3.63) is 53.1 Å². The number of nitrogens with zero attached hydrogens (tertiary/aromatic N) is 4. The summed E-state index contributed by atoms with van der Waals surface area (Å²) in [5, 5.41) is 4.65. The molecule has 140 valence electrons. The van der Waals surface area contributed by atoms with Crippen molar-refractivity contribution >= 4 is 16.8 Å². The van der Waals surface area contributed by atoms with Gasteiger partial charge in [-0.2, -0.15) is 4.98 Å². The zero-order valence-electron chi connectivity index (χ0n) is 15.4. The minimum Gasteiger partial charge on any atom is -0.340 e. The maximum atomic E-state index is 13.5. The molecule has 0 bridgehead atoms. The number of piperidine rings is 1. The van der Waals surface area contributed by atoms with E-state index >= 15 is 0 Å². The molecule has 1 aliphatic heterocycles. The first-order valence-corrected chi connectivity index (χ1v) is 9.15. The Morgan fingerprint density at radius 2 is 2.00 bits per heavy atom. The van der Waals surface area contributed by atoms with Crippen molar-refractivity contribution in [1.82, 2.24) is 20.0 Å². The van der Waals surface area contributed by atoms with Crippen LogP contribution in [-0.4, -0.2) is 39.0 Å². The van der Waals surface area contributed by atoms with Gasteiger partial charge in [-0.05, 0) is 43.9 Å². The zero-order chi connectivity index (χ0) is 19.0. The summed E-state index contributed by atoms with van der Waals surface area (Å²) in [5.41, 5.74) is 1.81. The molecule has 0 radical (unpaired) electrons. The third-order valence-electron chi connectivity index (χ3n) is 5.07. The predicted molar refractivity (Wildman–Crippen MR) is 97.8 cm³/mol. The summed E-state index contributed by atoms with van der Waals surface area (Å²) in [5.74, 6) is 1.38. The molecule has 0 unspecified atom stereocenters. The highest BCUT2D eigenvalue weighted by atomic mass is 19.1. The number of likely N-dealkylation sites (tertiary alicyclic amines) is 1. The van der Waals surface area contributed by atoms with Gasteiger partial charge in [0.05, 0.1) is 11.1 Å². The van der Waals surface area contributed by atoms with E-state index in [0.29, 0.717) is 47.1 Å².